The fraction of sp³-hybridized carbons (Fsp3) is 0.348. The van der Waals surface area contributed by atoms with Crippen LogP contribution in [0.25, 0.3) is 32.7 Å². The molecule has 0 aliphatic carbocycles. The van der Waals surface area contributed by atoms with Crippen LogP contribution >= 0.6 is 0 Å². The van der Waals surface area contributed by atoms with Crippen LogP contribution in [-0.4, -0.2) is 60.2 Å². The Balaban J connectivity index is 2.12. The van der Waals surface area contributed by atoms with Gasteiger partial charge in [0.25, 0.3) is 5.56 Å². The summed E-state index contributed by atoms with van der Waals surface area (Å²) in [6.07, 6.45) is 0. The fourth-order valence-corrected chi connectivity index (χ4v) is 4.01. The lowest BCUT2D eigenvalue weighted by molar-refractivity contribution is 0.384. The summed E-state index contributed by atoms with van der Waals surface area (Å²) in [5.41, 5.74) is 3.31. The van der Waals surface area contributed by atoms with Gasteiger partial charge in [0.15, 0.2) is 0 Å². The van der Waals surface area contributed by atoms with E-state index in [1.165, 1.54) is 0 Å². The molecule has 0 atom stereocenters. The predicted molar refractivity (Wildman–Crippen MR) is 118 cm³/mol. The van der Waals surface area contributed by atoms with Crippen molar-refractivity contribution in [3.63, 3.8) is 0 Å². The average Bonchev–Trinajstić information content (AvgIpc) is 3.01. The third-order valence-corrected chi connectivity index (χ3v) is 5.42. The Labute approximate surface area is 165 Å². The minimum Gasteiger partial charge on any atom is -0.338 e. The third-order valence-electron chi connectivity index (χ3n) is 5.42. The third kappa shape index (κ3) is 3.11. The Morgan fingerprint density at radius 1 is 0.714 bits per heavy atom. The zero-order chi connectivity index (χ0) is 19.8. The van der Waals surface area contributed by atoms with Gasteiger partial charge in [-0.15, -0.1) is 0 Å². The lowest BCUT2D eigenvalue weighted by Crippen LogP contribution is -2.27. The molecule has 0 unspecified atom stereocenters. The molecule has 4 rings (SSSR count). The maximum absolute atomic E-state index is 13.6. The number of para-hydroxylation sites is 2. The Hall–Kier alpha value is -2.63. The molecular formula is C23H28N4O. The van der Waals surface area contributed by atoms with E-state index in [1.54, 1.807) is 0 Å². The molecule has 0 saturated heterocycles. The summed E-state index contributed by atoms with van der Waals surface area (Å²) in [6, 6.07) is 16.6. The summed E-state index contributed by atoms with van der Waals surface area (Å²) in [5.74, 6) is 0. The molecule has 0 N–H and O–H groups in total. The standard InChI is InChI=1S/C23H28N4O/c1-24(2)13-15-26-19-11-7-5-9-17(19)21-22(26)18-10-6-8-12-20(18)27(23(21)28)16-14-25(3)4/h5-12H,13-16H2,1-4H3. The first-order valence-corrected chi connectivity index (χ1v) is 9.81. The first-order valence-electron chi connectivity index (χ1n) is 9.81. The molecule has 0 amide bonds. The van der Waals surface area contributed by atoms with Gasteiger partial charge in [-0.25, -0.2) is 0 Å². The number of hydrogen-bond donors (Lipinski definition) is 0. The Kier molecular flexibility index (Phi) is 4.96. The number of benzene rings is 2. The van der Waals surface area contributed by atoms with Gasteiger partial charge in [-0.05, 0) is 40.3 Å². The molecule has 0 saturated carbocycles. The van der Waals surface area contributed by atoms with Gasteiger partial charge in [0, 0.05) is 42.5 Å². The highest BCUT2D eigenvalue weighted by Crippen LogP contribution is 2.31. The molecule has 0 bridgehead atoms. The highest BCUT2D eigenvalue weighted by Gasteiger charge is 2.19. The van der Waals surface area contributed by atoms with E-state index in [9.17, 15) is 4.79 Å². The molecule has 5 nitrogen and oxygen atoms in total. The summed E-state index contributed by atoms with van der Waals surface area (Å²) >= 11 is 0. The second-order valence-corrected chi connectivity index (χ2v) is 7.97. The van der Waals surface area contributed by atoms with Gasteiger partial charge in [0.2, 0.25) is 0 Å². The number of nitrogens with zero attached hydrogens (tertiary/aromatic N) is 4. The molecule has 0 radical (unpaired) electrons. The van der Waals surface area contributed by atoms with Crippen molar-refractivity contribution in [2.24, 2.45) is 0 Å². The van der Waals surface area contributed by atoms with Gasteiger partial charge in [-0.1, -0.05) is 36.4 Å². The summed E-state index contributed by atoms with van der Waals surface area (Å²) < 4.78 is 4.27. The summed E-state index contributed by atoms with van der Waals surface area (Å²) in [4.78, 5) is 17.9. The Morgan fingerprint density at radius 3 is 1.82 bits per heavy atom. The smallest absolute Gasteiger partial charge is 0.261 e. The van der Waals surface area contributed by atoms with Crippen LogP contribution in [0.1, 0.15) is 0 Å². The normalized spacial score (nSPS) is 12.2. The highest BCUT2D eigenvalue weighted by molar-refractivity contribution is 6.16. The minimum absolute atomic E-state index is 0.107. The van der Waals surface area contributed by atoms with E-state index in [0.29, 0.717) is 6.54 Å². The van der Waals surface area contributed by atoms with Crippen LogP contribution in [0.15, 0.2) is 53.3 Å². The molecule has 5 heteroatoms. The van der Waals surface area contributed by atoms with Gasteiger partial charge in [0.05, 0.1) is 16.4 Å². The van der Waals surface area contributed by atoms with E-state index in [-0.39, 0.29) is 5.56 Å². The molecular weight excluding hydrogens is 348 g/mol. The van der Waals surface area contributed by atoms with Gasteiger partial charge in [-0.3, -0.25) is 4.79 Å². The molecule has 2 aromatic carbocycles. The van der Waals surface area contributed by atoms with Crippen molar-refractivity contribution in [1.82, 2.24) is 18.9 Å². The number of rotatable bonds is 6. The van der Waals surface area contributed by atoms with Gasteiger partial charge >= 0.3 is 0 Å². The SMILES string of the molecule is CN(C)CCn1c(=O)c2c3ccccc3n(CCN(C)C)c2c2ccccc21. The largest absolute Gasteiger partial charge is 0.338 e. The molecule has 0 aliphatic heterocycles. The van der Waals surface area contributed by atoms with E-state index in [1.807, 2.05) is 30.8 Å². The summed E-state index contributed by atoms with van der Waals surface area (Å²) in [7, 11) is 8.25. The molecule has 146 valence electrons. The highest BCUT2D eigenvalue weighted by atomic mass is 16.1. The number of pyridine rings is 1. The average molecular weight is 377 g/mol. The monoisotopic (exact) mass is 376 g/mol. The summed E-state index contributed by atoms with van der Waals surface area (Å²) in [5, 5.41) is 3.03. The molecule has 2 heterocycles. The van der Waals surface area contributed by atoms with Crippen LogP contribution in [0.5, 0.6) is 0 Å². The van der Waals surface area contributed by atoms with Crippen molar-refractivity contribution in [1.29, 1.82) is 0 Å². The van der Waals surface area contributed by atoms with E-state index < -0.39 is 0 Å². The maximum Gasteiger partial charge on any atom is 0.261 e. The van der Waals surface area contributed by atoms with Gasteiger partial charge < -0.3 is 18.9 Å². The molecule has 0 spiro atoms. The van der Waals surface area contributed by atoms with Crippen molar-refractivity contribution in [2.75, 3.05) is 41.3 Å². The molecule has 28 heavy (non-hydrogen) atoms. The molecule has 2 aromatic heterocycles. The quantitative estimate of drug-likeness (QED) is 0.518. The first-order chi connectivity index (χ1) is 13.5. The zero-order valence-corrected chi connectivity index (χ0v) is 17.1. The van der Waals surface area contributed by atoms with Crippen molar-refractivity contribution in [3.8, 4) is 0 Å². The van der Waals surface area contributed by atoms with Crippen LogP contribution in [0.3, 0.4) is 0 Å². The second kappa shape index (κ2) is 7.41. The van der Waals surface area contributed by atoms with Gasteiger partial charge in [0.1, 0.15) is 0 Å². The van der Waals surface area contributed by atoms with Crippen molar-refractivity contribution < 1.29 is 0 Å². The number of aromatic nitrogens is 2. The maximum atomic E-state index is 13.6. The van der Waals surface area contributed by atoms with Crippen LogP contribution in [0.4, 0.5) is 0 Å². The summed E-state index contributed by atoms with van der Waals surface area (Å²) in [6.45, 7) is 3.28. The molecule has 0 fully saturated rings. The van der Waals surface area contributed by atoms with E-state index in [4.69, 9.17) is 0 Å². The zero-order valence-electron chi connectivity index (χ0n) is 17.1. The number of fused-ring (bicyclic) bond motifs is 5. The van der Waals surface area contributed by atoms with E-state index in [2.05, 4.69) is 64.9 Å². The number of likely N-dealkylation sites (N-methyl/N-ethyl adjacent to an activating group) is 2. The predicted octanol–water partition coefficient (Wildman–Crippen LogP) is 3.23. The second-order valence-electron chi connectivity index (χ2n) is 7.97. The minimum atomic E-state index is 0.107. The van der Waals surface area contributed by atoms with Crippen LogP contribution in [0.2, 0.25) is 0 Å². The van der Waals surface area contributed by atoms with E-state index in [0.717, 1.165) is 52.3 Å². The topological polar surface area (TPSA) is 33.4 Å². The van der Waals surface area contributed by atoms with Crippen molar-refractivity contribution in [2.45, 2.75) is 13.1 Å². The van der Waals surface area contributed by atoms with Crippen molar-refractivity contribution in [3.05, 3.63) is 58.9 Å². The van der Waals surface area contributed by atoms with Gasteiger partial charge in [-0.2, -0.15) is 0 Å². The van der Waals surface area contributed by atoms with Crippen LogP contribution < -0.4 is 5.56 Å². The lowest BCUT2D eigenvalue weighted by Gasteiger charge is -2.16. The first kappa shape index (κ1) is 18.7. The van der Waals surface area contributed by atoms with Crippen molar-refractivity contribution >= 4 is 32.7 Å². The van der Waals surface area contributed by atoms with E-state index >= 15 is 0 Å². The Morgan fingerprint density at radius 2 is 1.21 bits per heavy atom. The molecule has 4 aromatic rings. The number of hydrogen-bond acceptors (Lipinski definition) is 3. The Bertz CT molecular complexity index is 1200. The van der Waals surface area contributed by atoms with Crippen LogP contribution in [0, 0.1) is 0 Å². The molecule has 0 aliphatic rings. The fourth-order valence-electron chi connectivity index (χ4n) is 4.01. The van der Waals surface area contributed by atoms with Crippen LogP contribution in [-0.2, 0) is 13.1 Å². The lowest BCUT2D eigenvalue weighted by atomic mass is 10.1.